The van der Waals surface area contributed by atoms with Gasteiger partial charge in [-0.25, -0.2) is 0 Å². The summed E-state index contributed by atoms with van der Waals surface area (Å²) in [4.78, 5) is 51.2. The van der Waals surface area contributed by atoms with Crippen molar-refractivity contribution in [1.29, 1.82) is 0 Å². The molecule has 4 rings (SSSR count). The molecule has 2 saturated carbocycles. The van der Waals surface area contributed by atoms with Gasteiger partial charge in [-0.3, -0.25) is 19.2 Å². The van der Waals surface area contributed by atoms with Crippen molar-refractivity contribution in [1.82, 2.24) is 20.3 Å². The predicted octanol–water partition coefficient (Wildman–Crippen LogP) is 2.68. The van der Waals surface area contributed by atoms with Crippen molar-refractivity contribution in [2.45, 2.75) is 100 Å². The number of rotatable bonds is 16. The Balaban J connectivity index is 1.18. The molecule has 1 aromatic rings. The van der Waals surface area contributed by atoms with Crippen molar-refractivity contribution in [3.8, 4) is 0 Å². The molecule has 3 N–H and O–H groups in total. The number of carbonyl (C=O) groups excluding carboxylic acids is 4. The molecule has 0 radical (unpaired) electrons. The van der Waals surface area contributed by atoms with Gasteiger partial charge in [-0.2, -0.15) is 4.72 Å². The normalized spacial score (nSPS) is 25.3. The lowest BCUT2D eigenvalue weighted by Crippen LogP contribution is -2.56. The predicted molar refractivity (Wildman–Crippen MR) is 154 cm³/mol. The fourth-order valence-electron chi connectivity index (χ4n) is 5.36. The lowest BCUT2D eigenvalue weighted by molar-refractivity contribution is -0.134. The minimum Gasteiger partial charge on any atom is -0.593 e. The van der Waals surface area contributed by atoms with Crippen LogP contribution >= 0.6 is 0 Å². The Morgan fingerprint density at radius 1 is 1.15 bits per heavy atom. The number of hydrogen-bond acceptors (Lipinski definition) is 5. The second-order valence-electron chi connectivity index (χ2n) is 11.4. The minimum absolute atomic E-state index is 0.00438. The third-order valence-corrected chi connectivity index (χ3v) is 9.47. The molecule has 1 aromatic carbocycles. The Labute approximate surface area is 240 Å². The maximum Gasteiger partial charge on any atom is 0.287 e. The van der Waals surface area contributed by atoms with Gasteiger partial charge in [0.05, 0.1) is 17.8 Å². The van der Waals surface area contributed by atoms with Gasteiger partial charge in [0, 0.05) is 31.3 Å². The molecule has 3 aliphatic rings. The summed E-state index contributed by atoms with van der Waals surface area (Å²) >= 11 is -1.43. The van der Waals surface area contributed by atoms with Gasteiger partial charge < -0.3 is 20.1 Å². The lowest BCUT2D eigenvalue weighted by Gasteiger charge is -2.24. The third kappa shape index (κ3) is 8.33. The maximum absolute atomic E-state index is 13.1. The zero-order valence-corrected chi connectivity index (χ0v) is 24.1. The van der Waals surface area contributed by atoms with Crippen molar-refractivity contribution < 1.29 is 23.7 Å². The highest BCUT2D eigenvalue weighted by atomic mass is 32.2. The minimum atomic E-state index is -1.43. The van der Waals surface area contributed by atoms with E-state index in [-0.39, 0.29) is 29.0 Å². The number of benzene rings is 1. The second-order valence-corrected chi connectivity index (χ2v) is 12.9. The Hall–Kier alpha value is -2.85. The highest BCUT2D eigenvalue weighted by molar-refractivity contribution is 7.90. The number of unbranched alkanes of at least 4 members (excludes halogenated alkanes) is 3. The Bertz CT molecular complexity index is 1070. The van der Waals surface area contributed by atoms with Crippen LogP contribution in [0.5, 0.6) is 0 Å². The number of nitrogens with one attached hydrogen (secondary N) is 3. The first-order chi connectivity index (χ1) is 19.3. The third-order valence-electron chi connectivity index (χ3n) is 8.01. The van der Waals surface area contributed by atoms with Crippen LogP contribution in [-0.2, 0) is 37.0 Å². The molecule has 3 fully saturated rings. The summed E-state index contributed by atoms with van der Waals surface area (Å²) in [6.45, 7) is 2.57. The molecule has 4 amide bonds. The summed E-state index contributed by atoms with van der Waals surface area (Å²) in [5, 5.41) is 6.00. The van der Waals surface area contributed by atoms with Gasteiger partial charge in [-0.15, -0.1) is 0 Å². The summed E-state index contributed by atoms with van der Waals surface area (Å²) in [6.07, 6.45) is 13.4. The zero-order chi connectivity index (χ0) is 28.5. The van der Waals surface area contributed by atoms with Gasteiger partial charge in [-0.1, -0.05) is 55.3 Å². The molecule has 0 aromatic heterocycles. The van der Waals surface area contributed by atoms with Crippen LogP contribution in [0, 0.1) is 5.92 Å². The molecule has 1 aliphatic heterocycles. The van der Waals surface area contributed by atoms with E-state index in [0.717, 1.165) is 56.9 Å². The van der Waals surface area contributed by atoms with E-state index in [1.807, 2.05) is 43.3 Å². The first-order valence-corrected chi connectivity index (χ1v) is 15.8. The van der Waals surface area contributed by atoms with Gasteiger partial charge >= 0.3 is 0 Å². The summed E-state index contributed by atoms with van der Waals surface area (Å²) in [5.41, 5.74) is -0.101. The second kappa shape index (κ2) is 14.2. The van der Waals surface area contributed by atoms with Gasteiger partial charge in [0.1, 0.15) is 16.8 Å². The molecule has 2 unspecified atom stereocenters. The van der Waals surface area contributed by atoms with E-state index < -0.39 is 28.8 Å². The Morgan fingerprint density at radius 2 is 1.93 bits per heavy atom. The average molecular weight is 571 g/mol. The van der Waals surface area contributed by atoms with E-state index in [1.165, 1.54) is 4.90 Å². The maximum atomic E-state index is 13.1. The van der Waals surface area contributed by atoms with Crippen LogP contribution in [0.4, 0.5) is 0 Å². The highest BCUT2D eigenvalue weighted by Gasteiger charge is 2.62. The number of amides is 4. The average Bonchev–Trinajstić information content (AvgIpc) is 3.85. The summed E-state index contributed by atoms with van der Waals surface area (Å²) in [5.74, 6) is -0.852. The fraction of sp³-hybridized carbons (Fsp3) is 0.600. The van der Waals surface area contributed by atoms with E-state index in [9.17, 15) is 23.7 Å². The van der Waals surface area contributed by atoms with E-state index in [1.54, 1.807) is 0 Å². The van der Waals surface area contributed by atoms with Crippen LogP contribution in [0.1, 0.15) is 76.7 Å². The number of hydrogen-bond donors (Lipinski definition) is 3. The van der Waals surface area contributed by atoms with Crippen molar-refractivity contribution in [3.05, 3.63) is 48.0 Å². The standard InChI is InChI=1S/C30H42N4O5S/c1-22(31-27(36)19-23-12-7-5-8-13-23)11-6-3-2-4-9-14-24-20-30(24,29(38)33-40(39)25-16-17-25)32-28(37)26-15-10-18-34(26)21-35/h5,7-9,12-14,21-22,24-26H,2-4,6,10-11,15-20H2,1H3,(H,31,36)(H,32,37)(H,33,38)/b14-9-/t22-,24-,26?,30-,40?/m1/s1. The molecule has 10 heteroatoms. The quantitative estimate of drug-likeness (QED) is 0.122. The molecule has 218 valence electrons. The summed E-state index contributed by atoms with van der Waals surface area (Å²) in [6, 6.07) is 9.28. The van der Waals surface area contributed by atoms with E-state index >= 15 is 0 Å². The van der Waals surface area contributed by atoms with Crippen molar-refractivity contribution >= 4 is 35.5 Å². The SMILES string of the molecule is C[C@H](CCCCC/C=C\[C@@H]1C[C@]1(NC(=O)C1CCCN1C=O)C(=O)N[S+]([O-])C1CC1)NC(=O)Cc1ccccc1. The number of carbonyl (C=O) groups is 4. The lowest BCUT2D eigenvalue weighted by atomic mass is 10.1. The van der Waals surface area contributed by atoms with Crippen LogP contribution in [0.3, 0.4) is 0 Å². The molecule has 1 saturated heterocycles. The molecular weight excluding hydrogens is 528 g/mol. The summed E-state index contributed by atoms with van der Waals surface area (Å²) < 4.78 is 15.0. The van der Waals surface area contributed by atoms with E-state index in [0.29, 0.717) is 32.2 Å². The fourth-order valence-corrected chi connectivity index (χ4v) is 6.45. The molecule has 40 heavy (non-hydrogen) atoms. The summed E-state index contributed by atoms with van der Waals surface area (Å²) in [7, 11) is 0. The zero-order valence-electron chi connectivity index (χ0n) is 23.3. The molecule has 0 spiro atoms. The van der Waals surface area contributed by atoms with Crippen LogP contribution in [-0.4, -0.2) is 63.0 Å². The molecule has 5 atom stereocenters. The number of likely N-dealkylation sites (tertiary alicyclic amines) is 1. The van der Waals surface area contributed by atoms with E-state index in [4.69, 9.17) is 0 Å². The smallest absolute Gasteiger partial charge is 0.287 e. The van der Waals surface area contributed by atoms with Crippen LogP contribution in [0.2, 0.25) is 0 Å². The highest BCUT2D eigenvalue weighted by Crippen LogP contribution is 2.46. The van der Waals surface area contributed by atoms with Gasteiger partial charge in [0.2, 0.25) is 18.2 Å². The molecule has 0 bridgehead atoms. The Kier molecular flexibility index (Phi) is 10.7. The Morgan fingerprint density at radius 3 is 2.65 bits per heavy atom. The topological polar surface area (TPSA) is 131 Å². The molecule has 1 heterocycles. The van der Waals surface area contributed by atoms with Gasteiger partial charge in [-0.05, 0) is 51.0 Å². The van der Waals surface area contributed by atoms with Gasteiger partial charge in [0.15, 0.2) is 0 Å². The number of allylic oxidation sites excluding steroid dienone is 1. The monoisotopic (exact) mass is 570 g/mol. The van der Waals surface area contributed by atoms with Crippen LogP contribution in [0.25, 0.3) is 0 Å². The van der Waals surface area contributed by atoms with Crippen molar-refractivity contribution in [2.75, 3.05) is 6.54 Å². The van der Waals surface area contributed by atoms with E-state index in [2.05, 4.69) is 21.4 Å². The molecule has 9 nitrogen and oxygen atoms in total. The number of nitrogens with zero attached hydrogens (tertiary/aromatic N) is 1. The van der Waals surface area contributed by atoms with Gasteiger partial charge in [0.25, 0.3) is 5.91 Å². The molecule has 2 aliphatic carbocycles. The largest absolute Gasteiger partial charge is 0.593 e. The van der Waals surface area contributed by atoms with Crippen molar-refractivity contribution in [2.24, 2.45) is 5.92 Å². The van der Waals surface area contributed by atoms with Crippen LogP contribution in [0.15, 0.2) is 42.5 Å². The van der Waals surface area contributed by atoms with Crippen LogP contribution < -0.4 is 15.4 Å². The van der Waals surface area contributed by atoms with Crippen molar-refractivity contribution in [3.63, 3.8) is 0 Å². The molecular formula is C30H42N4O5S. The first-order valence-electron chi connectivity index (χ1n) is 14.6. The first kappa shape index (κ1) is 30.1.